The molecule has 0 amide bonds. The molecule has 2 aliphatic heterocycles. The van der Waals surface area contributed by atoms with E-state index in [2.05, 4.69) is 22.3 Å². The minimum Gasteiger partial charge on any atom is -0.497 e. The highest BCUT2D eigenvalue weighted by molar-refractivity contribution is 5.44. The Hall–Kier alpha value is -2.44. The first-order chi connectivity index (χ1) is 14.8. The van der Waals surface area contributed by atoms with Gasteiger partial charge < -0.3 is 29.2 Å². The number of ether oxygens (including phenoxy) is 4. The van der Waals surface area contributed by atoms with Crippen LogP contribution in [0, 0.1) is 0 Å². The first-order valence-electron chi connectivity index (χ1n) is 10.9. The predicted octanol–water partition coefficient (Wildman–Crippen LogP) is 3.49. The van der Waals surface area contributed by atoms with Crippen LogP contribution in [0.5, 0.6) is 23.0 Å². The van der Waals surface area contributed by atoms with Crippen molar-refractivity contribution in [3.63, 3.8) is 0 Å². The van der Waals surface area contributed by atoms with Gasteiger partial charge in [0.15, 0.2) is 11.5 Å². The minimum absolute atomic E-state index is 0.322. The van der Waals surface area contributed by atoms with Crippen molar-refractivity contribution in [3.8, 4) is 23.0 Å². The Labute approximate surface area is 179 Å². The Morgan fingerprint density at radius 3 is 2.57 bits per heavy atom. The van der Waals surface area contributed by atoms with Gasteiger partial charge in [-0.2, -0.15) is 0 Å². The van der Waals surface area contributed by atoms with Crippen LogP contribution in [0.15, 0.2) is 42.5 Å². The molecule has 162 valence electrons. The third kappa shape index (κ3) is 5.80. The summed E-state index contributed by atoms with van der Waals surface area (Å²) >= 11 is 0. The predicted molar refractivity (Wildman–Crippen MR) is 117 cm³/mol. The maximum Gasteiger partial charge on any atom is 0.231 e. The van der Waals surface area contributed by atoms with Gasteiger partial charge in [-0.1, -0.05) is 6.07 Å². The number of nitrogens with one attached hydrogen (secondary N) is 1. The molecule has 30 heavy (non-hydrogen) atoms. The van der Waals surface area contributed by atoms with Crippen molar-refractivity contribution in [3.05, 3.63) is 48.0 Å². The molecule has 0 spiro atoms. The van der Waals surface area contributed by atoms with Crippen LogP contribution in [0.1, 0.15) is 24.8 Å². The molecule has 0 aromatic heterocycles. The Morgan fingerprint density at radius 1 is 1.00 bits per heavy atom. The van der Waals surface area contributed by atoms with E-state index < -0.39 is 0 Å². The van der Waals surface area contributed by atoms with E-state index in [-0.39, 0.29) is 0 Å². The fourth-order valence-corrected chi connectivity index (χ4v) is 4.07. The summed E-state index contributed by atoms with van der Waals surface area (Å²) in [6.07, 6.45) is 4.56. The molecular formula is C24H32N2O4. The van der Waals surface area contributed by atoms with Gasteiger partial charge in [0.25, 0.3) is 0 Å². The van der Waals surface area contributed by atoms with Crippen molar-refractivity contribution in [2.75, 3.05) is 46.7 Å². The topological polar surface area (TPSA) is 52.2 Å². The summed E-state index contributed by atoms with van der Waals surface area (Å²) in [4.78, 5) is 2.57. The lowest BCUT2D eigenvalue weighted by molar-refractivity contribution is 0.174. The standard InChI is InChI=1S/C24H32N2O4/c1-27-21-6-8-22(9-7-21)28-14-4-11-25-20(17-26-12-2-3-13-26)15-19-5-10-23-24(16-19)30-18-29-23/h5-10,16,20,25H,2-4,11-15,17-18H2,1H3. The molecule has 0 radical (unpaired) electrons. The number of hydrogen-bond acceptors (Lipinski definition) is 6. The molecule has 4 rings (SSSR count). The van der Waals surface area contributed by atoms with Crippen LogP contribution >= 0.6 is 0 Å². The van der Waals surface area contributed by atoms with E-state index in [4.69, 9.17) is 18.9 Å². The van der Waals surface area contributed by atoms with Crippen molar-refractivity contribution in [2.45, 2.75) is 31.7 Å². The van der Waals surface area contributed by atoms with Gasteiger partial charge in [0.2, 0.25) is 6.79 Å². The summed E-state index contributed by atoms with van der Waals surface area (Å²) in [7, 11) is 1.67. The monoisotopic (exact) mass is 412 g/mol. The Bertz CT molecular complexity index is 790. The van der Waals surface area contributed by atoms with Gasteiger partial charge in [-0.25, -0.2) is 0 Å². The summed E-state index contributed by atoms with van der Waals surface area (Å²) in [5.41, 5.74) is 1.28. The second-order valence-corrected chi connectivity index (χ2v) is 7.93. The lowest BCUT2D eigenvalue weighted by Gasteiger charge is -2.25. The highest BCUT2D eigenvalue weighted by atomic mass is 16.7. The quantitative estimate of drug-likeness (QED) is 0.570. The molecular weight excluding hydrogens is 380 g/mol. The molecule has 1 atom stereocenters. The zero-order valence-electron chi connectivity index (χ0n) is 17.8. The van der Waals surface area contributed by atoms with Gasteiger partial charge in [-0.3, -0.25) is 0 Å². The summed E-state index contributed by atoms with van der Waals surface area (Å²) < 4.78 is 22.0. The van der Waals surface area contributed by atoms with Crippen molar-refractivity contribution in [1.29, 1.82) is 0 Å². The molecule has 2 heterocycles. The normalized spacial score (nSPS) is 16.6. The molecule has 2 aromatic rings. The summed E-state index contributed by atoms with van der Waals surface area (Å²) in [5, 5.41) is 3.75. The van der Waals surface area contributed by atoms with Crippen LogP contribution in [0.2, 0.25) is 0 Å². The summed E-state index contributed by atoms with van der Waals surface area (Å²) in [6, 6.07) is 14.4. The van der Waals surface area contributed by atoms with E-state index in [0.717, 1.165) is 48.9 Å². The van der Waals surface area contributed by atoms with Crippen molar-refractivity contribution >= 4 is 0 Å². The molecule has 1 fully saturated rings. The molecule has 6 heteroatoms. The highest BCUT2D eigenvalue weighted by Gasteiger charge is 2.19. The number of fused-ring (bicyclic) bond motifs is 1. The van der Waals surface area contributed by atoms with Gasteiger partial charge in [0.1, 0.15) is 11.5 Å². The van der Waals surface area contributed by atoms with Crippen LogP contribution in [-0.4, -0.2) is 57.6 Å². The molecule has 1 unspecified atom stereocenters. The SMILES string of the molecule is COc1ccc(OCCCNC(Cc2ccc3c(c2)OCO3)CN2CCCC2)cc1. The van der Waals surface area contributed by atoms with Crippen molar-refractivity contribution in [2.24, 2.45) is 0 Å². The fourth-order valence-electron chi connectivity index (χ4n) is 4.07. The zero-order valence-corrected chi connectivity index (χ0v) is 17.8. The number of hydrogen-bond donors (Lipinski definition) is 1. The van der Waals surface area contributed by atoms with Crippen LogP contribution in [0.25, 0.3) is 0 Å². The average molecular weight is 413 g/mol. The molecule has 2 aromatic carbocycles. The van der Waals surface area contributed by atoms with E-state index in [1.165, 1.54) is 31.5 Å². The van der Waals surface area contributed by atoms with Gasteiger partial charge in [-0.05, 0) is 87.3 Å². The number of methoxy groups -OCH3 is 1. The van der Waals surface area contributed by atoms with E-state index >= 15 is 0 Å². The molecule has 6 nitrogen and oxygen atoms in total. The Morgan fingerprint density at radius 2 is 1.77 bits per heavy atom. The summed E-state index contributed by atoms with van der Waals surface area (Å²) in [6.45, 7) is 5.44. The van der Waals surface area contributed by atoms with Crippen LogP contribution < -0.4 is 24.3 Å². The molecule has 0 saturated carbocycles. The highest BCUT2D eigenvalue weighted by Crippen LogP contribution is 2.32. The first kappa shape index (κ1) is 20.8. The van der Waals surface area contributed by atoms with Crippen molar-refractivity contribution in [1.82, 2.24) is 10.2 Å². The summed E-state index contributed by atoms with van der Waals surface area (Å²) in [5.74, 6) is 3.43. The number of likely N-dealkylation sites (tertiary alicyclic amines) is 1. The first-order valence-corrected chi connectivity index (χ1v) is 10.9. The van der Waals surface area contributed by atoms with E-state index in [9.17, 15) is 0 Å². The van der Waals surface area contributed by atoms with Crippen LogP contribution in [-0.2, 0) is 6.42 Å². The maximum absolute atomic E-state index is 5.85. The largest absolute Gasteiger partial charge is 0.497 e. The Kier molecular flexibility index (Phi) is 7.32. The minimum atomic E-state index is 0.322. The average Bonchev–Trinajstić information content (AvgIpc) is 3.45. The lowest BCUT2D eigenvalue weighted by atomic mass is 10.0. The second kappa shape index (κ2) is 10.5. The van der Waals surface area contributed by atoms with E-state index in [1.54, 1.807) is 7.11 Å². The fraction of sp³-hybridized carbons (Fsp3) is 0.500. The third-order valence-electron chi connectivity index (χ3n) is 5.68. The van der Waals surface area contributed by atoms with Gasteiger partial charge >= 0.3 is 0 Å². The van der Waals surface area contributed by atoms with Crippen LogP contribution in [0.3, 0.4) is 0 Å². The third-order valence-corrected chi connectivity index (χ3v) is 5.68. The van der Waals surface area contributed by atoms with Gasteiger partial charge in [-0.15, -0.1) is 0 Å². The molecule has 0 aliphatic carbocycles. The van der Waals surface area contributed by atoms with E-state index in [0.29, 0.717) is 19.4 Å². The molecule has 1 N–H and O–H groups in total. The maximum atomic E-state index is 5.85. The number of nitrogens with zero attached hydrogens (tertiary/aromatic N) is 1. The molecule has 2 aliphatic rings. The smallest absolute Gasteiger partial charge is 0.231 e. The lowest BCUT2D eigenvalue weighted by Crippen LogP contribution is -2.42. The van der Waals surface area contributed by atoms with Crippen molar-refractivity contribution < 1.29 is 18.9 Å². The van der Waals surface area contributed by atoms with Crippen LogP contribution in [0.4, 0.5) is 0 Å². The molecule has 1 saturated heterocycles. The molecule has 0 bridgehead atoms. The number of benzene rings is 2. The Balaban J connectivity index is 1.25. The van der Waals surface area contributed by atoms with E-state index in [1.807, 2.05) is 30.3 Å². The zero-order chi connectivity index (χ0) is 20.6. The van der Waals surface area contributed by atoms with Gasteiger partial charge in [0, 0.05) is 12.6 Å². The number of rotatable bonds is 11. The van der Waals surface area contributed by atoms with Gasteiger partial charge in [0.05, 0.1) is 13.7 Å². The second-order valence-electron chi connectivity index (χ2n) is 7.93.